The van der Waals surface area contributed by atoms with Crippen LogP contribution < -0.4 is 5.32 Å². The third kappa shape index (κ3) is 3.32. The summed E-state index contributed by atoms with van der Waals surface area (Å²) in [5.41, 5.74) is 1.36. The van der Waals surface area contributed by atoms with Crippen LogP contribution in [0.4, 0.5) is 0 Å². The summed E-state index contributed by atoms with van der Waals surface area (Å²) in [6.45, 7) is 4.59. The molecule has 94 valence electrons. The van der Waals surface area contributed by atoms with Crippen molar-refractivity contribution in [1.29, 1.82) is 0 Å². The highest BCUT2D eigenvalue weighted by molar-refractivity contribution is 9.10. The van der Waals surface area contributed by atoms with Gasteiger partial charge in [-0.05, 0) is 44.2 Å². The van der Waals surface area contributed by atoms with E-state index in [0.29, 0.717) is 12.1 Å². The van der Waals surface area contributed by atoms with Gasteiger partial charge in [0.2, 0.25) is 0 Å². The first-order valence-electron chi connectivity index (χ1n) is 6.69. The Morgan fingerprint density at radius 3 is 2.47 bits per heavy atom. The van der Waals surface area contributed by atoms with Crippen molar-refractivity contribution in [2.45, 2.75) is 51.6 Å². The van der Waals surface area contributed by atoms with Crippen molar-refractivity contribution in [2.24, 2.45) is 5.92 Å². The van der Waals surface area contributed by atoms with E-state index < -0.39 is 0 Å². The molecule has 0 saturated heterocycles. The first-order chi connectivity index (χ1) is 8.18. The Morgan fingerprint density at radius 1 is 1.18 bits per heavy atom. The van der Waals surface area contributed by atoms with Crippen LogP contribution in [0.2, 0.25) is 0 Å². The second-order valence-corrected chi connectivity index (χ2v) is 6.10. The van der Waals surface area contributed by atoms with Gasteiger partial charge < -0.3 is 5.32 Å². The van der Waals surface area contributed by atoms with Crippen LogP contribution >= 0.6 is 15.9 Å². The Bertz CT molecular complexity index is 358. The SMILES string of the molecule is CC(N[C@@H](C)C1CCCC1)c1ccccc1Br. The molecule has 1 aliphatic carbocycles. The van der Waals surface area contributed by atoms with E-state index in [1.165, 1.54) is 35.7 Å². The van der Waals surface area contributed by atoms with E-state index in [2.05, 4.69) is 59.4 Å². The molecule has 0 bridgehead atoms. The van der Waals surface area contributed by atoms with Gasteiger partial charge in [-0.2, -0.15) is 0 Å². The van der Waals surface area contributed by atoms with Crippen LogP contribution in [-0.4, -0.2) is 6.04 Å². The Morgan fingerprint density at radius 2 is 1.82 bits per heavy atom. The Balaban J connectivity index is 1.96. The molecule has 1 unspecified atom stereocenters. The lowest BCUT2D eigenvalue weighted by atomic mass is 9.98. The average molecular weight is 296 g/mol. The van der Waals surface area contributed by atoms with Crippen LogP contribution in [0.3, 0.4) is 0 Å². The van der Waals surface area contributed by atoms with Crippen molar-refractivity contribution in [2.75, 3.05) is 0 Å². The highest BCUT2D eigenvalue weighted by Gasteiger charge is 2.23. The summed E-state index contributed by atoms with van der Waals surface area (Å²) in [4.78, 5) is 0. The van der Waals surface area contributed by atoms with Crippen LogP contribution in [0, 0.1) is 5.92 Å². The zero-order chi connectivity index (χ0) is 12.3. The predicted molar refractivity (Wildman–Crippen MR) is 77.1 cm³/mol. The summed E-state index contributed by atoms with van der Waals surface area (Å²) in [6.07, 6.45) is 5.63. The van der Waals surface area contributed by atoms with Crippen molar-refractivity contribution in [3.05, 3.63) is 34.3 Å². The fraction of sp³-hybridized carbons (Fsp3) is 0.600. The molecule has 17 heavy (non-hydrogen) atoms. The maximum Gasteiger partial charge on any atom is 0.0305 e. The molecule has 0 radical (unpaired) electrons. The van der Waals surface area contributed by atoms with Crippen molar-refractivity contribution in [1.82, 2.24) is 5.32 Å². The molecule has 1 aromatic rings. The lowest BCUT2D eigenvalue weighted by Gasteiger charge is -2.25. The summed E-state index contributed by atoms with van der Waals surface area (Å²) >= 11 is 3.63. The van der Waals surface area contributed by atoms with Gasteiger partial charge in [-0.15, -0.1) is 0 Å². The Kier molecular flexibility index (Phi) is 4.63. The number of hydrogen-bond donors (Lipinski definition) is 1. The first-order valence-corrected chi connectivity index (χ1v) is 7.48. The van der Waals surface area contributed by atoms with E-state index in [1.54, 1.807) is 0 Å². The summed E-state index contributed by atoms with van der Waals surface area (Å²) in [5, 5.41) is 3.75. The van der Waals surface area contributed by atoms with E-state index in [1.807, 2.05) is 0 Å². The Labute approximate surface area is 113 Å². The first kappa shape index (κ1) is 13.1. The minimum Gasteiger partial charge on any atom is -0.307 e. The van der Waals surface area contributed by atoms with Gasteiger partial charge in [0.05, 0.1) is 0 Å². The average Bonchev–Trinajstić information content (AvgIpc) is 2.82. The molecule has 0 aliphatic heterocycles. The number of rotatable bonds is 4. The second kappa shape index (κ2) is 6.01. The van der Waals surface area contributed by atoms with Crippen molar-refractivity contribution >= 4 is 15.9 Å². The molecule has 1 N–H and O–H groups in total. The number of halogens is 1. The van der Waals surface area contributed by atoms with Crippen LogP contribution in [0.1, 0.15) is 51.1 Å². The minimum atomic E-state index is 0.418. The highest BCUT2D eigenvalue weighted by atomic mass is 79.9. The molecule has 2 atom stereocenters. The standard InChI is InChI=1S/C15H22BrN/c1-11(13-7-3-4-8-13)17-12(2)14-9-5-6-10-15(14)16/h5-6,9-13,17H,3-4,7-8H2,1-2H3/t11-,12?/m0/s1. The zero-order valence-electron chi connectivity index (χ0n) is 10.7. The summed E-state index contributed by atoms with van der Waals surface area (Å²) in [7, 11) is 0. The van der Waals surface area contributed by atoms with Gasteiger partial charge in [0.25, 0.3) is 0 Å². The lowest BCUT2D eigenvalue weighted by Crippen LogP contribution is -2.34. The van der Waals surface area contributed by atoms with Gasteiger partial charge in [-0.3, -0.25) is 0 Å². The molecule has 0 aromatic heterocycles. The number of hydrogen-bond acceptors (Lipinski definition) is 1. The van der Waals surface area contributed by atoms with E-state index >= 15 is 0 Å². The van der Waals surface area contributed by atoms with Crippen LogP contribution in [0.15, 0.2) is 28.7 Å². The molecule has 0 amide bonds. The van der Waals surface area contributed by atoms with Gasteiger partial charge in [-0.25, -0.2) is 0 Å². The summed E-state index contributed by atoms with van der Waals surface area (Å²) in [6, 6.07) is 9.54. The molecule has 1 nitrogen and oxygen atoms in total. The fourth-order valence-corrected chi connectivity index (χ4v) is 3.53. The zero-order valence-corrected chi connectivity index (χ0v) is 12.3. The summed E-state index contributed by atoms with van der Waals surface area (Å²) < 4.78 is 1.21. The largest absolute Gasteiger partial charge is 0.307 e. The molecule has 1 fully saturated rings. The quantitative estimate of drug-likeness (QED) is 0.850. The molecule has 1 aliphatic rings. The van der Waals surface area contributed by atoms with E-state index in [9.17, 15) is 0 Å². The Hall–Kier alpha value is -0.340. The monoisotopic (exact) mass is 295 g/mol. The van der Waals surface area contributed by atoms with E-state index in [4.69, 9.17) is 0 Å². The lowest BCUT2D eigenvalue weighted by molar-refractivity contribution is 0.352. The van der Waals surface area contributed by atoms with Crippen molar-refractivity contribution in [3.8, 4) is 0 Å². The van der Waals surface area contributed by atoms with Gasteiger partial charge in [0.15, 0.2) is 0 Å². The normalized spacial score (nSPS) is 20.4. The number of benzene rings is 1. The molecular formula is C15H22BrN. The maximum absolute atomic E-state index is 3.75. The topological polar surface area (TPSA) is 12.0 Å². The van der Waals surface area contributed by atoms with Crippen LogP contribution in [0.25, 0.3) is 0 Å². The number of nitrogens with one attached hydrogen (secondary N) is 1. The molecule has 1 saturated carbocycles. The third-order valence-electron chi connectivity index (χ3n) is 3.99. The van der Waals surface area contributed by atoms with Gasteiger partial charge in [0, 0.05) is 16.6 Å². The van der Waals surface area contributed by atoms with Crippen LogP contribution in [-0.2, 0) is 0 Å². The van der Waals surface area contributed by atoms with E-state index in [-0.39, 0.29) is 0 Å². The molecule has 1 aromatic carbocycles. The van der Waals surface area contributed by atoms with E-state index in [0.717, 1.165) is 5.92 Å². The fourth-order valence-electron chi connectivity index (χ4n) is 2.90. The van der Waals surface area contributed by atoms with Crippen molar-refractivity contribution in [3.63, 3.8) is 0 Å². The highest BCUT2D eigenvalue weighted by Crippen LogP contribution is 2.30. The van der Waals surface area contributed by atoms with Gasteiger partial charge in [0.1, 0.15) is 0 Å². The van der Waals surface area contributed by atoms with Gasteiger partial charge in [-0.1, -0.05) is 47.0 Å². The molecule has 2 rings (SSSR count). The van der Waals surface area contributed by atoms with Crippen LogP contribution in [0.5, 0.6) is 0 Å². The molecule has 0 heterocycles. The summed E-state index contributed by atoms with van der Waals surface area (Å²) in [5.74, 6) is 0.875. The van der Waals surface area contributed by atoms with Gasteiger partial charge >= 0.3 is 0 Å². The maximum atomic E-state index is 3.75. The molecule has 0 spiro atoms. The minimum absolute atomic E-state index is 0.418. The smallest absolute Gasteiger partial charge is 0.0305 e. The predicted octanol–water partition coefficient (Wildman–Crippen LogP) is 4.68. The van der Waals surface area contributed by atoms with Crippen molar-refractivity contribution < 1.29 is 0 Å². The second-order valence-electron chi connectivity index (χ2n) is 5.24. The third-order valence-corrected chi connectivity index (χ3v) is 4.71. The molecular weight excluding hydrogens is 274 g/mol. The molecule has 2 heteroatoms.